The molecule has 0 bridgehead atoms. The maximum atomic E-state index is 9.18. The SMILES string of the molecule is COc1cccc(OC)c1[C@H](CC#N)N1CCNCC1.Cl.Cl. The van der Waals surface area contributed by atoms with Gasteiger partial charge in [0.1, 0.15) is 11.5 Å². The molecule has 0 spiro atoms. The fourth-order valence-corrected chi connectivity index (χ4v) is 2.70. The summed E-state index contributed by atoms with van der Waals surface area (Å²) in [5, 5.41) is 12.5. The zero-order valence-corrected chi connectivity index (χ0v) is 14.5. The number of ether oxygens (including phenoxy) is 2. The Kier molecular flexibility index (Phi) is 9.95. The van der Waals surface area contributed by atoms with Gasteiger partial charge in [0.15, 0.2) is 0 Å². The van der Waals surface area contributed by atoms with Crippen LogP contribution in [0.2, 0.25) is 0 Å². The lowest BCUT2D eigenvalue weighted by molar-refractivity contribution is 0.169. The molecule has 1 aliphatic heterocycles. The van der Waals surface area contributed by atoms with Gasteiger partial charge in [-0.1, -0.05) is 6.07 Å². The molecule has 0 saturated carbocycles. The third-order valence-electron chi connectivity index (χ3n) is 3.68. The van der Waals surface area contributed by atoms with Gasteiger partial charge in [0.25, 0.3) is 0 Å². The van der Waals surface area contributed by atoms with Crippen molar-refractivity contribution in [3.8, 4) is 17.6 Å². The second-order valence-corrected chi connectivity index (χ2v) is 4.74. The van der Waals surface area contributed by atoms with Crippen LogP contribution in [0.1, 0.15) is 18.0 Å². The summed E-state index contributed by atoms with van der Waals surface area (Å²) in [7, 11) is 3.30. The normalized spacial score (nSPS) is 15.7. The van der Waals surface area contributed by atoms with Crippen LogP contribution < -0.4 is 14.8 Å². The molecule has 1 aliphatic rings. The summed E-state index contributed by atoms with van der Waals surface area (Å²) in [6, 6.07) is 8.05. The standard InChI is InChI=1S/C15H21N3O2.2ClH/c1-19-13-4-3-5-14(20-2)15(13)12(6-7-16)18-10-8-17-9-11-18;;/h3-5,12,17H,6,8-11H2,1-2H3;2*1H/t12-;;/m0../s1. The summed E-state index contributed by atoms with van der Waals surface area (Å²) in [5.41, 5.74) is 0.973. The second-order valence-electron chi connectivity index (χ2n) is 4.74. The molecule has 1 saturated heterocycles. The van der Waals surface area contributed by atoms with Gasteiger partial charge in [-0.15, -0.1) is 24.8 Å². The van der Waals surface area contributed by atoms with E-state index in [-0.39, 0.29) is 30.9 Å². The monoisotopic (exact) mass is 347 g/mol. The third-order valence-corrected chi connectivity index (χ3v) is 3.68. The highest BCUT2D eigenvalue weighted by Gasteiger charge is 2.27. The molecule has 22 heavy (non-hydrogen) atoms. The summed E-state index contributed by atoms with van der Waals surface area (Å²) >= 11 is 0. The van der Waals surface area contributed by atoms with Crippen LogP contribution in [-0.4, -0.2) is 45.3 Å². The fraction of sp³-hybridized carbons (Fsp3) is 0.533. The summed E-state index contributed by atoms with van der Waals surface area (Å²) in [6.45, 7) is 3.74. The van der Waals surface area contributed by atoms with E-state index >= 15 is 0 Å². The van der Waals surface area contributed by atoms with E-state index in [0.717, 1.165) is 43.2 Å². The first kappa shape index (κ1) is 20.8. The molecule has 2 rings (SSSR count). The zero-order valence-electron chi connectivity index (χ0n) is 12.9. The summed E-state index contributed by atoms with van der Waals surface area (Å²) < 4.78 is 10.9. The molecule has 5 nitrogen and oxygen atoms in total. The van der Waals surface area contributed by atoms with Crippen molar-refractivity contribution < 1.29 is 9.47 Å². The summed E-state index contributed by atoms with van der Waals surface area (Å²) in [4.78, 5) is 2.32. The van der Waals surface area contributed by atoms with Crippen molar-refractivity contribution in [2.45, 2.75) is 12.5 Å². The van der Waals surface area contributed by atoms with Crippen LogP contribution in [0.25, 0.3) is 0 Å². The van der Waals surface area contributed by atoms with Gasteiger partial charge in [0, 0.05) is 26.2 Å². The molecule has 0 aliphatic carbocycles. The van der Waals surface area contributed by atoms with Gasteiger partial charge >= 0.3 is 0 Å². The first-order valence-corrected chi connectivity index (χ1v) is 6.84. The first-order chi connectivity index (χ1) is 9.81. The van der Waals surface area contributed by atoms with Crippen molar-refractivity contribution in [2.24, 2.45) is 0 Å². The maximum absolute atomic E-state index is 9.18. The lowest BCUT2D eigenvalue weighted by Crippen LogP contribution is -2.45. The van der Waals surface area contributed by atoms with Crippen LogP contribution in [0.5, 0.6) is 11.5 Å². The minimum absolute atomic E-state index is 0. The third kappa shape index (κ3) is 4.65. The smallest absolute Gasteiger partial charge is 0.127 e. The highest BCUT2D eigenvalue weighted by Crippen LogP contribution is 2.38. The van der Waals surface area contributed by atoms with Crippen molar-refractivity contribution in [3.63, 3.8) is 0 Å². The number of benzene rings is 1. The summed E-state index contributed by atoms with van der Waals surface area (Å²) in [6.07, 6.45) is 0.427. The van der Waals surface area contributed by atoms with Gasteiger partial charge in [-0.3, -0.25) is 4.90 Å². The number of hydrogen-bond donors (Lipinski definition) is 1. The van der Waals surface area contributed by atoms with Gasteiger partial charge < -0.3 is 14.8 Å². The number of methoxy groups -OCH3 is 2. The van der Waals surface area contributed by atoms with Crippen LogP contribution >= 0.6 is 24.8 Å². The number of nitrogens with one attached hydrogen (secondary N) is 1. The van der Waals surface area contributed by atoms with Gasteiger partial charge in [0.2, 0.25) is 0 Å². The molecule has 7 heteroatoms. The molecule has 1 aromatic rings. The Bertz CT molecular complexity index is 466. The highest BCUT2D eigenvalue weighted by atomic mass is 35.5. The molecule has 1 aromatic carbocycles. The predicted molar refractivity (Wildman–Crippen MR) is 91.5 cm³/mol. The van der Waals surface area contributed by atoms with E-state index in [9.17, 15) is 5.26 Å². The number of rotatable bonds is 5. The average molecular weight is 348 g/mol. The van der Waals surface area contributed by atoms with Crippen LogP contribution in [0.15, 0.2) is 18.2 Å². The Labute approximate surface area is 144 Å². The van der Waals surface area contributed by atoms with E-state index in [1.54, 1.807) is 14.2 Å². The van der Waals surface area contributed by atoms with Crippen LogP contribution in [0.4, 0.5) is 0 Å². The van der Waals surface area contributed by atoms with Gasteiger partial charge in [0.05, 0.1) is 38.3 Å². The molecule has 0 unspecified atom stereocenters. The molecule has 0 amide bonds. The largest absolute Gasteiger partial charge is 0.496 e. The zero-order chi connectivity index (χ0) is 14.4. The number of nitrogens with zero attached hydrogens (tertiary/aromatic N) is 2. The van der Waals surface area contributed by atoms with Crippen molar-refractivity contribution in [1.82, 2.24) is 10.2 Å². The average Bonchev–Trinajstić information content (AvgIpc) is 2.52. The summed E-state index contributed by atoms with van der Waals surface area (Å²) in [5.74, 6) is 1.56. The molecule has 0 aromatic heterocycles. The van der Waals surface area contributed by atoms with Crippen LogP contribution in [-0.2, 0) is 0 Å². The maximum Gasteiger partial charge on any atom is 0.127 e. The second kappa shape index (κ2) is 10.5. The van der Waals surface area contributed by atoms with E-state index in [1.165, 1.54) is 0 Å². The Balaban J connectivity index is 0.00000220. The molecule has 1 heterocycles. The molecule has 1 fully saturated rings. The van der Waals surface area contributed by atoms with Gasteiger partial charge in [-0.2, -0.15) is 5.26 Å². The fourth-order valence-electron chi connectivity index (χ4n) is 2.70. The molecular weight excluding hydrogens is 325 g/mol. The number of halogens is 2. The van der Waals surface area contributed by atoms with E-state index in [4.69, 9.17) is 9.47 Å². The lowest BCUT2D eigenvalue weighted by atomic mass is 9.99. The minimum atomic E-state index is 0. The quantitative estimate of drug-likeness (QED) is 0.886. The van der Waals surface area contributed by atoms with Crippen molar-refractivity contribution in [1.29, 1.82) is 5.26 Å². The van der Waals surface area contributed by atoms with E-state index in [0.29, 0.717) is 6.42 Å². The van der Waals surface area contributed by atoms with Crippen LogP contribution in [0, 0.1) is 11.3 Å². The van der Waals surface area contributed by atoms with Crippen molar-refractivity contribution in [2.75, 3.05) is 40.4 Å². The van der Waals surface area contributed by atoms with Gasteiger partial charge in [-0.05, 0) is 12.1 Å². The van der Waals surface area contributed by atoms with E-state index in [2.05, 4.69) is 16.3 Å². The topological polar surface area (TPSA) is 57.5 Å². The van der Waals surface area contributed by atoms with Gasteiger partial charge in [-0.25, -0.2) is 0 Å². The molecule has 124 valence electrons. The highest BCUT2D eigenvalue weighted by molar-refractivity contribution is 5.85. The Morgan fingerprint density at radius 3 is 2.18 bits per heavy atom. The van der Waals surface area contributed by atoms with Crippen LogP contribution in [0.3, 0.4) is 0 Å². The first-order valence-electron chi connectivity index (χ1n) is 6.84. The van der Waals surface area contributed by atoms with E-state index < -0.39 is 0 Å². The Morgan fingerprint density at radius 1 is 1.18 bits per heavy atom. The Hall–Kier alpha value is -1.19. The minimum Gasteiger partial charge on any atom is -0.496 e. The molecular formula is C15H23Cl2N3O2. The van der Waals surface area contributed by atoms with Crippen molar-refractivity contribution in [3.05, 3.63) is 23.8 Å². The van der Waals surface area contributed by atoms with Crippen molar-refractivity contribution >= 4 is 24.8 Å². The number of nitriles is 1. The Morgan fingerprint density at radius 2 is 1.73 bits per heavy atom. The molecule has 0 radical (unpaired) electrons. The van der Waals surface area contributed by atoms with E-state index in [1.807, 2.05) is 18.2 Å². The number of hydrogen-bond acceptors (Lipinski definition) is 5. The molecule has 1 N–H and O–H groups in total. The molecule has 1 atom stereocenters. The number of piperazine rings is 1. The lowest BCUT2D eigenvalue weighted by Gasteiger charge is -2.35. The predicted octanol–water partition coefficient (Wildman–Crippen LogP) is 2.41.